The summed E-state index contributed by atoms with van der Waals surface area (Å²) in [5.41, 5.74) is 7.27. The number of hydrogen-bond donors (Lipinski definition) is 2. The average Bonchev–Trinajstić information content (AvgIpc) is 2.64. The molecule has 3 nitrogen and oxygen atoms in total. The molecule has 0 spiro atoms. The van der Waals surface area contributed by atoms with Crippen LogP contribution in [0.15, 0.2) is 30.3 Å². The number of carbonyl (C=O) groups excluding carboxylic acids is 1. The van der Waals surface area contributed by atoms with Crippen LogP contribution in [0.5, 0.6) is 0 Å². The van der Waals surface area contributed by atoms with Crippen LogP contribution in [-0.4, -0.2) is 11.9 Å². The Hall–Kier alpha value is -1.35. The lowest BCUT2D eigenvalue weighted by Crippen LogP contribution is -2.42. The summed E-state index contributed by atoms with van der Waals surface area (Å²) in [5, 5.41) is 3.11. The molecule has 2 rings (SSSR count). The molecule has 1 amide bonds. The first-order chi connectivity index (χ1) is 9.18. The van der Waals surface area contributed by atoms with Crippen LogP contribution < -0.4 is 11.1 Å². The number of amides is 1. The van der Waals surface area contributed by atoms with E-state index in [0.29, 0.717) is 0 Å². The number of carbonyl (C=O) groups is 1. The zero-order valence-electron chi connectivity index (χ0n) is 11.6. The van der Waals surface area contributed by atoms with Crippen LogP contribution in [0.25, 0.3) is 0 Å². The van der Waals surface area contributed by atoms with Crippen molar-refractivity contribution in [3.05, 3.63) is 35.9 Å². The summed E-state index contributed by atoms with van der Waals surface area (Å²) in [6, 6.07) is 10.1. The van der Waals surface area contributed by atoms with Crippen LogP contribution in [0.2, 0.25) is 0 Å². The van der Waals surface area contributed by atoms with Crippen molar-refractivity contribution in [3.8, 4) is 0 Å². The molecule has 0 aliphatic heterocycles. The van der Waals surface area contributed by atoms with Gasteiger partial charge in [0.15, 0.2) is 0 Å². The minimum atomic E-state index is -0.0198. The number of nitrogens with one attached hydrogen (secondary N) is 1. The smallest absolute Gasteiger partial charge is 0.225 e. The molecule has 1 aromatic rings. The topological polar surface area (TPSA) is 55.1 Å². The molecule has 1 aromatic carbocycles. The summed E-state index contributed by atoms with van der Waals surface area (Å²) in [6.45, 7) is 2.02. The van der Waals surface area contributed by atoms with Crippen LogP contribution >= 0.6 is 0 Å². The van der Waals surface area contributed by atoms with Gasteiger partial charge in [-0.25, -0.2) is 0 Å². The summed E-state index contributed by atoms with van der Waals surface area (Å²) in [5.74, 6) is 0.0967. The second kappa shape index (κ2) is 6.71. The Morgan fingerprint density at radius 3 is 2.63 bits per heavy atom. The van der Waals surface area contributed by atoms with Gasteiger partial charge in [-0.3, -0.25) is 4.79 Å². The van der Waals surface area contributed by atoms with E-state index in [-0.39, 0.29) is 23.9 Å². The average molecular weight is 260 g/mol. The highest BCUT2D eigenvalue weighted by Crippen LogP contribution is 2.23. The molecule has 0 bridgehead atoms. The maximum Gasteiger partial charge on any atom is 0.225 e. The summed E-state index contributed by atoms with van der Waals surface area (Å²) >= 11 is 0. The van der Waals surface area contributed by atoms with E-state index in [1.165, 1.54) is 6.42 Å². The lowest BCUT2D eigenvalue weighted by Gasteiger charge is -2.23. The third kappa shape index (κ3) is 3.80. The van der Waals surface area contributed by atoms with E-state index in [1.807, 2.05) is 37.3 Å². The van der Waals surface area contributed by atoms with Gasteiger partial charge in [-0.05, 0) is 25.3 Å². The van der Waals surface area contributed by atoms with Gasteiger partial charge >= 0.3 is 0 Å². The predicted molar refractivity (Wildman–Crippen MR) is 77.6 cm³/mol. The molecule has 3 atom stereocenters. The SMILES string of the molecule is C[C@@H](NC(=O)C1CCCCCC1N)c1ccccc1. The molecule has 0 saturated heterocycles. The molecule has 0 radical (unpaired) electrons. The lowest BCUT2D eigenvalue weighted by molar-refractivity contribution is -0.126. The molecule has 3 heteroatoms. The van der Waals surface area contributed by atoms with Crippen molar-refractivity contribution in [1.29, 1.82) is 0 Å². The molecule has 2 unspecified atom stereocenters. The fraction of sp³-hybridized carbons (Fsp3) is 0.562. The molecule has 3 N–H and O–H groups in total. The summed E-state index contributed by atoms with van der Waals surface area (Å²) < 4.78 is 0. The summed E-state index contributed by atoms with van der Waals surface area (Å²) in [7, 11) is 0. The number of benzene rings is 1. The van der Waals surface area contributed by atoms with Crippen LogP contribution in [0, 0.1) is 5.92 Å². The monoisotopic (exact) mass is 260 g/mol. The minimum Gasteiger partial charge on any atom is -0.349 e. The Kier molecular flexibility index (Phi) is 4.97. The highest BCUT2D eigenvalue weighted by atomic mass is 16.2. The van der Waals surface area contributed by atoms with E-state index in [2.05, 4.69) is 5.32 Å². The Morgan fingerprint density at radius 1 is 1.21 bits per heavy atom. The van der Waals surface area contributed by atoms with E-state index in [0.717, 1.165) is 31.2 Å². The molecule has 1 saturated carbocycles. The first-order valence-electron chi connectivity index (χ1n) is 7.29. The number of hydrogen-bond acceptors (Lipinski definition) is 2. The molecule has 0 aromatic heterocycles. The van der Waals surface area contributed by atoms with Crippen LogP contribution in [0.4, 0.5) is 0 Å². The van der Waals surface area contributed by atoms with E-state index in [1.54, 1.807) is 0 Å². The van der Waals surface area contributed by atoms with E-state index in [9.17, 15) is 4.79 Å². The fourth-order valence-corrected chi connectivity index (χ4v) is 2.81. The summed E-state index contributed by atoms with van der Waals surface area (Å²) in [6.07, 6.45) is 5.36. The van der Waals surface area contributed by atoms with Gasteiger partial charge in [-0.1, -0.05) is 49.6 Å². The van der Waals surface area contributed by atoms with Crippen LogP contribution in [-0.2, 0) is 4.79 Å². The number of nitrogens with two attached hydrogens (primary N) is 1. The van der Waals surface area contributed by atoms with Crippen molar-refractivity contribution in [2.75, 3.05) is 0 Å². The molecule has 1 aliphatic carbocycles. The van der Waals surface area contributed by atoms with Crippen molar-refractivity contribution in [2.45, 2.75) is 51.1 Å². The quantitative estimate of drug-likeness (QED) is 0.821. The van der Waals surface area contributed by atoms with Crippen molar-refractivity contribution >= 4 is 5.91 Å². The van der Waals surface area contributed by atoms with Gasteiger partial charge in [0.2, 0.25) is 5.91 Å². The third-order valence-electron chi connectivity index (χ3n) is 4.06. The highest BCUT2D eigenvalue weighted by Gasteiger charge is 2.27. The third-order valence-corrected chi connectivity index (χ3v) is 4.06. The standard InChI is InChI=1S/C16H24N2O/c1-12(13-8-4-2-5-9-13)18-16(19)14-10-6-3-7-11-15(14)17/h2,4-5,8-9,12,14-15H,3,6-7,10-11,17H2,1H3,(H,18,19)/t12-,14?,15?/m1/s1. The Labute approximate surface area is 115 Å². The molecule has 104 valence electrons. The van der Waals surface area contributed by atoms with Crippen molar-refractivity contribution in [2.24, 2.45) is 11.7 Å². The van der Waals surface area contributed by atoms with E-state index < -0.39 is 0 Å². The van der Waals surface area contributed by atoms with Gasteiger partial charge in [0.05, 0.1) is 12.0 Å². The van der Waals surface area contributed by atoms with E-state index >= 15 is 0 Å². The van der Waals surface area contributed by atoms with Gasteiger partial charge < -0.3 is 11.1 Å². The molecular formula is C16H24N2O. The Bertz CT molecular complexity index is 404. The van der Waals surface area contributed by atoms with Gasteiger partial charge in [0.1, 0.15) is 0 Å². The maximum atomic E-state index is 12.4. The van der Waals surface area contributed by atoms with Gasteiger partial charge in [0.25, 0.3) is 0 Å². The lowest BCUT2D eigenvalue weighted by atomic mass is 9.94. The second-order valence-electron chi connectivity index (χ2n) is 5.55. The van der Waals surface area contributed by atoms with Crippen molar-refractivity contribution in [1.82, 2.24) is 5.32 Å². The summed E-state index contributed by atoms with van der Waals surface area (Å²) in [4.78, 5) is 12.4. The predicted octanol–water partition coefficient (Wildman–Crippen LogP) is 2.77. The molecular weight excluding hydrogens is 236 g/mol. The minimum absolute atomic E-state index is 0.0190. The molecule has 1 fully saturated rings. The largest absolute Gasteiger partial charge is 0.349 e. The van der Waals surface area contributed by atoms with Crippen LogP contribution in [0.1, 0.15) is 50.6 Å². The zero-order valence-corrected chi connectivity index (χ0v) is 11.6. The van der Waals surface area contributed by atoms with Gasteiger partial charge in [0, 0.05) is 6.04 Å². The number of rotatable bonds is 3. The second-order valence-corrected chi connectivity index (χ2v) is 5.55. The first-order valence-corrected chi connectivity index (χ1v) is 7.29. The van der Waals surface area contributed by atoms with Crippen molar-refractivity contribution < 1.29 is 4.79 Å². The van der Waals surface area contributed by atoms with Gasteiger partial charge in [-0.15, -0.1) is 0 Å². The van der Waals surface area contributed by atoms with Crippen molar-refractivity contribution in [3.63, 3.8) is 0 Å². The molecule has 0 heterocycles. The molecule has 1 aliphatic rings. The van der Waals surface area contributed by atoms with E-state index in [4.69, 9.17) is 5.73 Å². The normalized spacial score (nSPS) is 25.4. The Morgan fingerprint density at radius 2 is 1.89 bits per heavy atom. The maximum absolute atomic E-state index is 12.4. The highest BCUT2D eigenvalue weighted by molar-refractivity contribution is 5.79. The fourth-order valence-electron chi connectivity index (χ4n) is 2.81. The molecule has 19 heavy (non-hydrogen) atoms. The van der Waals surface area contributed by atoms with Gasteiger partial charge in [-0.2, -0.15) is 0 Å². The zero-order chi connectivity index (χ0) is 13.7. The Balaban J connectivity index is 1.96. The first kappa shape index (κ1) is 14.1. The van der Waals surface area contributed by atoms with Crippen LogP contribution in [0.3, 0.4) is 0 Å².